The topological polar surface area (TPSA) is 142 Å². The summed E-state index contributed by atoms with van der Waals surface area (Å²) in [5.41, 5.74) is 11.1. The van der Waals surface area contributed by atoms with Crippen molar-refractivity contribution >= 4 is 28.8 Å². The van der Waals surface area contributed by atoms with Crippen molar-refractivity contribution in [2.45, 2.75) is 24.9 Å². The van der Waals surface area contributed by atoms with Crippen LogP contribution in [0, 0.1) is 0 Å². The van der Waals surface area contributed by atoms with E-state index in [-0.39, 0.29) is 25.2 Å². The van der Waals surface area contributed by atoms with Crippen LogP contribution in [0.4, 0.5) is 0 Å². The van der Waals surface area contributed by atoms with Crippen LogP contribution in [0.15, 0.2) is 0 Å². The average Bonchev–Trinajstić information content (AvgIpc) is 2.44. The van der Waals surface area contributed by atoms with E-state index in [9.17, 15) is 14.4 Å². The summed E-state index contributed by atoms with van der Waals surface area (Å²) in [5.74, 6) is -1.81. The number of likely N-dealkylation sites (N-methyl/N-ethyl adjacent to an activating group) is 1. The lowest BCUT2D eigenvalue weighted by atomic mass is 10.2. The third kappa shape index (κ3) is 12.0. The molecule has 23 heavy (non-hydrogen) atoms. The fourth-order valence-electron chi connectivity index (χ4n) is 1.22. The second-order valence-electron chi connectivity index (χ2n) is 6.01. The lowest BCUT2D eigenvalue weighted by Crippen LogP contribution is -2.39. The van der Waals surface area contributed by atoms with Crippen LogP contribution in [-0.2, 0) is 24.2 Å². The molecule has 0 aromatic heterocycles. The minimum atomic E-state index is -1.03. The molecule has 0 spiro atoms. The van der Waals surface area contributed by atoms with Crippen LogP contribution in [-0.4, -0.2) is 78.8 Å². The van der Waals surface area contributed by atoms with Gasteiger partial charge >= 0.3 is 11.9 Å². The average molecular weight is 352 g/mol. The zero-order valence-corrected chi connectivity index (χ0v) is 14.5. The summed E-state index contributed by atoms with van der Waals surface area (Å²) in [6, 6.07) is -1.93. The summed E-state index contributed by atoms with van der Waals surface area (Å²) >= 11 is 0.775. The number of thioether (sulfide) groups is 1. The van der Waals surface area contributed by atoms with Crippen LogP contribution in [0.3, 0.4) is 0 Å². The van der Waals surface area contributed by atoms with E-state index in [0.29, 0.717) is 11.0 Å². The lowest BCUT2D eigenvalue weighted by Gasteiger charge is -2.23. The Hall–Kier alpha value is -1.20. The largest absolute Gasteiger partial charge is 0.481 e. The maximum atomic E-state index is 11.7. The van der Waals surface area contributed by atoms with E-state index in [1.165, 1.54) is 0 Å². The highest BCUT2D eigenvalue weighted by Crippen LogP contribution is 2.10. The summed E-state index contributed by atoms with van der Waals surface area (Å²) in [4.78, 5) is 43.0. The smallest absolute Gasteiger partial charge is 0.359 e. The van der Waals surface area contributed by atoms with Crippen LogP contribution >= 0.6 is 11.8 Å². The SMILES string of the molecule is C[N+](C)(C)CCOOC(=O)[C@H](N)CSC(=O)[C@H](N)CCC(=O)O. The standard InChI is InChI=1S/C13H25N3O6S/c1-16(2,3)6-7-21-22-12(19)10(15)8-23-13(20)9(14)4-5-11(17)18/h9-10H,4-8,14-15H2,1-3H3/p+1/t9-,10-/m1/s1. The van der Waals surface area contributed by atoms with Gasteiger partial charge in [-0.2, -0.15) is 4.89 Å². The molecule has 0 aliphatic carbocycles. The highest BCUT2D eigenvalue weighted by Gasteiger charge is 2.21. The number of carboxylic acids is 1. The van der Waals surface area contributed by atoms with Gasteiger partial charge in [-0.25, -0.2) is 4.79 Å². The first-order valence-electron chi connectivity index (χ1n) is 7.06. The van der Waals surface area contributed by atoms with Crippen molar-refractivity contribution < 1.29 is 33.7 Å². The number of nitrogens with zero attached hydrogens (tertiary/aromatic N) is 1. The zero-order valence-electron chi connectivity index (χ0n) is 13.7. The first-order valence-corrected chi connectivity index (χ1v) is 8.05. The Morgan fingerprint density at radius 1 is 1.17 bits per heavy atom. The number of hydrogen-bond donors (Lipinski definition) is 3. The van der Waals surface area contributed by atoms with Crippen LogP contribution in [0.1, 0.15) is 12.8 Å². The molecular weight excluding hydrogens is 326 g/mol. The van der Waals surface area contributed by atoms with Gasteiger partial charge in [0.2, 0.25) is 5.12 Å². The van der Waals surface area contributed by atoms with Crippen LogP contribution in [0.25, 0.3) is 0 Å². The van der Waals surface area contributed by atoms with Crippen molar-refractivity contribution in [3.05, 3.63) is 0 Å². The molecule has 0 saturated heterocycles. The summed E-state index contributed by atoms with van der Waals surface area (Å²) in [7, 11) is 5.90. The zero-order chi connectivity index (χ0) is 18.0. The van der Waals surface area contributed by atoms with E-state index in [1.807, 2.05) is 21.1 Å². The number of nitrogens with two attached hydrogens (primary N) is 2. The lowest BCUT2D eigenvalue weighted by molar-refractivity contribution is -0.871. The van der Waals surface area contributed by atoms with Crippen molar-refractivity contribution in [1.29, 1.82) is 0 Å². The Kier molecular flexibility index (Phi) is 10.0. The first-order chi connectivity index (χ1) is 10.5. The summed E-state index contributed by atoms with van der Waals surface area (Å²) in [6.07, 6.45) is -0.156. The minimum absolute atomic E-state index is 0.0167. The summed E-state index contributed by atoms with van der Waals surface area (Å²) in [5, 5.41) is 8.10. The highest BCUT2D eigenvalue weighted by molar-refractivity contribution is 8.13. The molecule has 0 unspecified atom stereocenters. The predicted molar refractivity (Wildman–Crippen MR) is 85.2 cm³/mol. The van der Waals surface area contributed by atoms with E-state index >= 15 is 0 Å². The molecule has 0 fully saturated rings. The van der Waals surface area contributed by atoms with Crippen LogP contribution in [0.2, 0.25) is 0 Å². The van der Waals surface area contributed by atoms with E-state index in [2.05, 4.69) is 4.89 Å². The molecule has 134 valence electrons. The van der Waals surface area contributed by atoms with Crippen LogP contribution < -0.4 is 11.5 Å². The second kappa shape index (κ2) is 10.6. The van der Waals surface area contributed by atoms with Crippen molar-refractivity contribution in [3.63, 3.8) is 0 Å². The van der Waals surface area contributed by atoms with Gasteiger partial charge in [-0.15, -0.1) is 0 Å². The molecule has 0 heterocycles. The normalized spacial score (nSPS) is 14.1. The number of carboxylic acid groups (broad SMARTS) is 1. The fourth-order valence-corrected chi connectivity index (χ4v) is 2.03. The maximum Gasteiger partial charge on any atom is 0.359 e. The van der Waals surface area contributed by atoms with Gasteiger partial charge in [0.05, 0.1) is 27.2 Å². The number of quaternary nitrogens is 1. The number of rotatable bonds is 11. The number of aliphatic carboxylic acids is 1. The third-order valence-electron chi connectivity index (χ3n) is 2.67. The van der Waals surface area contributed by atoms with Gasteiger partial charge in [-0.1, -0.05) is 11.8 Å². The Bertz CT molecular complexity index is 413. The van der Waals surface area contributed by atoms with Gasteiger partial charge in [0.25, 0.3) is 0 Å². The first kappa shape index (κ1) is 21.8. The maximum absolute atomic E-state index is 11.7. The van der Waals surface area contributed by atoms with E-state index in [4.69, 9.17) is 21.5 Å². The Labute approximate surface area is 139 Å². The number of carbonyl (C=O) groups excluding carboxylic acids is 2. The minimum Gasteiger partial charge on any atom is -0.481 e. The summed E-state index contributed by atoms with van der Waals surface area (Å²) < 4.78 is 0.655. The molecule has 10 heteroatoms. The van der Waals surface area contributed by atoms with E-state index < -0.39 is 29.1 Å². The molecule has 0 saturated carbocycles. The molecule has 9 nitrogen and oxygen atoms in total. The van der Waals surface area contributed by atoms with Crippen LogP contribution in [0.5, 0.6) is 0 Å². The van der Waals surface area contributed by atoms with Gasteiger partial charge < -0.3 is 21.1 Å². The molecule has 0 radical (unpaired) electrons. The molecule has 0 aromatic carbocycles. The molecule has 5 N–H and O–H groups in total. The number of carbonyl (C=O) groups is 3. The van der Waals surface area contributed by atoms with Gasteiger partial charge in [0.1, 0.15) is 19.2 Å². The molecular formula is C13H26N3O6S+. The molecule has 0 aromatic rings. The van der Waals surface area contributed by atoms with Crippen molar-refractivity contribution in [2.24, 2.45) is 11.5 Å². The van der Waals surface area contributed by atoms with Crippen molar-refractivity contribution in [1.82, 2.24) is 0 Å². The molecule has 0 bridgehead atoms. The quantitative estimate of drug-likeness (QED) is 0.184. The Morgan fingerprint density at radius 2 is 1.78 bits per heavy atom. The van der Waals surface area contributed by atoms with Gasteiger partial charge in [-0.3, -0.25) is 14.5 Å². The Morgan fingerprint density at radius 3 is 2.30 bits per heavy atom. The predicted octanol–water partition coefficient (Wildman–Crippen LogP) is -1.05. The third-order valence-corrected chi connectivity index (χ3v) is 3.78. The van der Waals surface area contributed by atoms with Gasteiger partial charge in [-0.05, 0) is 6.42 Å². The molecule has 0 aliphatic rings. The highest BCUT2D eigenvalue weighted by atomic mass is 32.2. The second-order valence-corrected chi connectivity index (χ2v) is 7.04. The van der Waals surface area contributed by atoms with Gasteiger partial charge in [0.15, 0.2) is 0 Å². The van der Waals surface area contributed by atoms with E-state index in [0.717, 1.165) is 11.8 Å². The summed E-state index contributed by atoms with van der Waals surface area (Å²) in [6.45, 7) is 0.877. The molecule has 0 amide bonds. The molecule has 2 atom stereocenters. The van der Waals surface area contributed by atoms with Crippen molar-refractivity contribution in [3.8, 4) is 0 Å². The molecule has 0 aliphatic heterocycles. The van der Waals surface area contributed by atoms with Gasteiger partial charge in [0, 0.05) is 12.2 Å². The number of hydrogen-bond acceptors (Lipinski definition) is 8. The Balaban J connectivity index is 3.94. The molecule has 0 rings (SSSR count). The fraction of sp³-hybridized carbons (Fsp3) is 0.769. The van der Waals surface area contributed by atoms with E-state index in [1.54, 1.807) is 0 Å². The monoisotopic (exact) mass is 352 g/mol. The van der Waals surface area contributed by atoms with Crippen molar-refractivity contribution in [2.75, 3.05) is 40.0 Å².